The maximum atomic E-state index is 13.5. The number of hydrogen-bond donors (Lipinski definition) is 1. The number of nitrogens with one attached hydrogen (secondary N) is 1. The molecule has 1 N–H and O–H groups in total. The smallest absolute Gasteiger partial charge is 0.382 e. The van der Waals surface area contributed by atoms with Crippen molar-refractivity contribution in [1.29, 1.82) is 0 Å². The number of nitro benzene ring substituents is 1. The van der Waals surface area contributed by atoms with E-state index in [4.69, 9.17) is 4.74 Å². The van der Waals surface area contributed by atoms with Gasteiger partial charge >= 0.3 is 6.18 Å². The molecule has 1 saturated carbocycles. The van der Waals surface area contributed by atoms with Crippen molar-refractivity contribution < 1.29 is 32.0 Å². The molecule has 0 unspecified atom stereocenters. The van der Waals surface area contributed by atoms with Gasteiger partial charge in [0, 0.05) is 49.7 Å². The van der Waals surface area contributed by atoms with Crippen LogP contribution in [-0.2, 0) is 15.7 Å². The molecule has 0 atom stereocenters. The number of benzene rings is 3. The standard InChI is InChI=1S/C29H30F4N4O4/c30-21-3-1-20-16-24(7-2-19(20)15-21)35-11-13-36(14-12-35)28(38)18-41-25-8-4-22(5-9-25)34-23-6-10-27(37(39)40)26(17-23)29(31,32)33/h1-3,6-7,10,15-17,22,25,34H,4-5,8-9,11-14,18H2/t22-,25-. The Balaban J connectivity index is 1.05. The Labute approximate surface area is 234 Å². The summed E-state index contributed by atoms with van der Waals surface area (Å²) in [7, 11) is 0. The summed E-state index contributed by atoms with van der Waals surface area (Å²) in [6.07, 6.45) is -2.40. The zero-order chi connectivity index (χ0) is 29.1. The summed E-state index contributed by atoms with van der Waals surface area (Å²) in [4.78, 5) is 26.7. The number of carbonyl (C=O) groups excluding carboxylic acids is 1. The minimum absolute atomic E-state index is 0.0262. The Hall–Kier alpha value is -3.93. The molecule has 8 nitrogen and oxygen atoms in total. The average Bonchev–Trinajstić information content (AvgIpc) is 2.96. The fourth-order valence-corrected chi connectivity index (χ4v) is 5.52. The van der Waals surface area contributed by atoms with Crippen molar-refractivity contribution in [2.24, 2.45) is 0 Å². The second-order valence-electron chi connectivity index (χ2n) is 10.5. The van der Waals surface area contributed by atoms with Crippen LogP contribution in [0.4, 0.5) is 34.6 Å². The molecule has 3 aromatic carbocycles. The summed E-state index contributed by atoms with van der Waals surface area (Å²) in [6, 6.07) is 13.4. The number of carbonyl (C=O) groups is 1. The van der Waals surface area contributed by atoms with Crippen LogP contribution in [0, 0.1) is 15.9 Å². The number of ether oxygens (including phenoxy) is 1. The van der Waals surface area contributed by atoms with E-state index in [0.717, 1.165) is 28.6 Å². The summed E-state index contributed by atoms with van der Waals surface area (Å²) in [5.74, 6) is -0.348. The van der Waals surface area contributed by atoms with Crippen LogP contribution in [0.1, 0.15) is 31.2 Å². The summed E-state index contributed by atoms with van der Waals surface area (Å²) >= 11 is 0. The zero-order valence-corrected chi connectivity index (χ0v) is 22.2. The van der Waals surface area contributed by atoms with Crippen LogP contribution in [0.15, 0.2) is 54.6 Å². The summed E-state index contributed by atoms with van der Waals surface area (Å²) in [5.41, 5.74) is -1.05. The second-order valence-corrected chi connectivity index (χ2v) is 10.5. The third-order valence-electron chi connectivity index (χ3n) is 7.77. The fourth-order valence-electron chi connectivity index (χ4n) is 5.52. The molecule has 1 aliphatic heterocycles. The van der Waals surface area contributed by atoms with Crippen LogP contribution in [0.25, 0.3) is 10.8 Å². The Bertz CT molecular complexity index is 1420. The first kappa shape index (κ1) is 28.6. The van der Waals surface area contributed by atoms with Gasteiger partial charge in [0.15, 0.2) is 0 Å². The lowest BCUT2D eigenvalue weighted by molar-refractivity contribution is -0.388. The lowest BCUT2D eigenvalue weighted by Crippen LogP contribution is -2.50. The van der Waals surface area contributed by atoms with Crippen molar-refractivity contribution in [3.63, 3.8) is 0 Å². The lowest BCUT2D eigenvalue weighted by Gasteiger charge is -2.36. The van der Waals surface area contributed by atoms with E-state index in [-0.39, 0.29) is 36.2 Å². The van der Waals surface area contributed by atoms with Crippen molar-refractivity contribution in [2.75, 3.05) is 43.0 Å². The van der Waals surface area contributed by atoms with Crippen LogP contribution < -0.4 is 10.2 Å². The highest BCUT2D eigenvalue weighted by Gasteiger charge is 2.38. The maximum Gasteiger partial charge on any atom is 0.423 e. The normalized spacial score (nSPS) is 19.8. The fraction of sp³-hybridized carbons (Fsp3) is 0.414. The average molecular weight is 575 g/mol. The number of nitro groups is 1. The molecule has 0 radical (unpaired) electrons. The minimum atomic E-state index is -4.83. The zero-order valence-electron chi connectivity index (χ0n) is 22.2. The van der Waals surface area contributed by atoms with Gasteiger partial charge in [0.1, 0.15) is 18.0 Å². The van der Waals surface area contributed by atoms with Crippen molar-refractivity contribution in [3.05, 3.63) is 76.1 Å². The van der Waals surface area contributed by atoms with E-state index >= 15 is 0 Å². The monoisotopic (exact) mass is 574 g/mol. The van der Waals surface area contributed by atoms with Crippen molar-refractivity contribution in [2.45, 2.75) is 44.0 Å². The summed E-state index contributed by atoms with van der Waals surface area (Å²) in [6.45, 7) is 2.45. The molecule has 2 aliphatic rings. The van der Waals surface area contributed by atoms with Crippen LogP contribution in [0.3, 0.4) is 0 Å². The molecule has 218 valence electrons. The van der Waals surface area contributed by atoms with Gasteiger partial charge in [-0.15, -0.1) is 0 Å². The Morgan fingerprint density at radius 2 is 1.63 bits per heavy atom. The Kier molecular flexibility index (Phi) is 8.30. The lowest BCUT2D eigenvalue weighted by atomic mass is 9.92. The van der Waals surface area contributed by atoms with Gasteiger partial charge in [-0.25, -0.2) is 4.39 Å². The number of rotatable bonds is 7. The molecule has 1 heterocycles. The molecule has 1 saturated heterocycles. The molecule has 1 amide bonds. The van der Waals surface area contributed by atoms with Gasteiger partial charge in [0.25, 0.3) is 5.69 Å². The van der Waals surface area contributed by atoms with Crippen molar-refractivity contribution in [3.8, 4) is 0 Å². The molecule has 12 heteroatoms. The number of anilines is 2. The molecule has 1 aliphatic carbocycles. The van der Waals surface area contributed by atoms with E-state index in [1.165, 1.54) is 18.2 Å². The predicted octanol–water partition coefficient (Wildman–Crippen LogP) is 5.99. The number of fused-ring (bicyclic) bond motifs is 1. The third kappa shape index (κ3) is 6.87. The minimum Gasteiger partial charge on any atom is -0.382 e. The molecule has 2 fully saturated rings. The Morgan fingerprint density at radius 1 is 0.951 bits per heavy atom. The van der Waals surface area contributed by atoms with E-state index in [1.54, 1.807) is 11.0 Å². The SMILES string of the molecule is O=C(CO[C@H]1CC[C@H](Nc2ccc([N+](=O)[O-])c(C(F)(F)F)c2)CC1)N1CCN(c2ccc3cc(F)ccc3c2)CC1. The van der Waals surface area contributed by atoms with Gasteiger partial charge in [0.2, 0.25) is 5.91 Å². The first-order valence-corrected chi connectivity index (χ1v) is 13.5. The molecule has 41 heavy (non-hydrogen) atoms. The van der Waals surface area contributed by atoms with Crippen molar-refractivity contribution >= 4 is 33.7 Å². The highest BCUT2D eigenvalue weighted by atomic mass is 19.4. The first-order valence-electron chi connectivity index (χ1n) is 13.5. The van der Waals surface area contributed by atoms with E-state index < -0.39 is 22.4 Å². The van der Waals surface area contributed by atoms with Gasteiger partial charge in [-0.05, 0) is 72.9 Å². The van der Waals surface area contributed by atoms with Crippen LogP contribution in [0.5, 0.6) is 0 Å². The molecule has 0 bridgehead atoms. The van der Waals surface area contributed by atoms with Crippen LogP contribution in [0.2, 0.25) is 0 Å². The topological polar surface area (TPSA) is 87.9 Å². The van der Waals surface area contributed by atoms with Gasteiger partial charge in [-0.2, -0.15) is 13.2 Å². The molecule has 3 aromatic rings. The van der Waals surface area contributed by atoms with Gasteiger partial charge < -0.3 is 19.9 Å². The molecule has 0 spiro atoms. The number of amides is 1. The second kappa shape index (κ2) is 11.9. The summed E-state index contributed by atoms with van der Waals surface area (Å²) in [5, 5.41) is 15.8. The van der Waals surface area contributed by atoms with E-state index in [9.17, 15) is 32.5 Å². The van der Waals surface area contributed by atoms with Gasteiger partial charge in [-0.1, -0.05) is 12.1 Å². The van der Waals surface area contributed by atoms with Gasteiger partial charge in [-0.3, -0.25) is 14.9 Å². The highest BCUT2D eigenvalue weighted by Crippen LogP contribution is 2.38. The first-order chi connectivity index (χ1) is 19.6. The molecule has 0 aromatic heterocycles. The molecular formula is C29H30F4N4O4. The number of alkyl halides is 3. The van der Waals surface area contributed by atoms with Crippen LogP contribution >= 0.6 is 0 Å². The maximum absolute atomic E-state index is 13.5. The summed E-state index contributed by atoms with van der Waals surface area (Å²) < 4.78 is 59.2. The quantitative estimate of drug-likeness (QED) is 0.212. The predicted molar refractivity (Wildman–Crippen MR) is 146 cm³/mol. The van der Waals surface area contributed by atoms with E-state index in [0.29, 0.717) is 51.9 Å². The number of hydrogen-bond acceptors (Lipinski definition) is 6. The highest BCUT2D eigenvalue weighted by molar-refractivity contribution is 5.86. The largest absolute Gasteiger partial charge is 0.423 e. The molecule has 5 rings (SSSR count). The van der Waals surface area contributed by atoms with Crippen molar-refractivity contribution in [1.82, 2.24) is 4.90 Å². The van der Waals surface area contributed by atoms with E-state index in [2.05, 4.69) is 10.2 Å². The number of piperazine rings is 1. The number of halogens is 4. The Morgan fingerprint density at radius 3 is 2.32 bits per heavy atom. The molecular weight excluding hydrogens is 544 g/mol. The van der Waals surface area contributed by atoms with Crippen LogP contribution in [-0.4, -0.2) is 60.7 Å². The van der Waals surface area contributed by atoms with Gasteiger partial charge in [0.05, 0.1) is 11.0 Å². The third-order valence-corrected chi connectivity index (χ3v) is 7.77. The van der Waals surface area contributed by atoms with E-state index in [1.807, 2.05) is 18.2 Å². The number of nitrogens with zero attached hydrogens (tertiary/aromatic N) is 3.